The second kappa shape index (κ2) is 8.27. The van der Waals surface area contributed by atoms with E-state index in [1.807, 2.05) is 0 Å². The van der Waals surface area contributed by atoms with Crippen LogP contribution in [0, 0.1) is 12.8 Å². The highest BCUT2D eigenvalue weighted by molar-refractivity contribution is 7.13. The van der Waals surface area contributed by atoms with Crippen molar-refractivity contribution >= 4 is 11.3 Å². The number of benzene rings is 1. The topological polar surface area (TPSA) is 45.1 Å². The molecule has 0 spiro atoms. The minimum Gasteiger partial charge on any atom is -0.396 e. The van der Waals surface area contributed by atoms with Crippen molar-refractivity contribution < 1.29 is 5.11 Å². The summed E-state index contributed by atoms with van der Waals surface area (Å²) in [5.41, 5.74) is 3.55. The molecule has 0 aliphatic rings. The van der Waals surface area contributed by atoms with E-state index in [9.17, 15) is 0 Å². The van der Waals surface area contributed by atoms with Crippen LogP contribution < -0.4 is 5.32 Å². The van der Waals surface area contributed by atoms with Gasteiger partial charge < -0.3 is 10.4 Å². The van der Waals surface area contributed by atoms with Crippen LogP contribution in [0.25, 0.3) is 10.6 Å². The zero-order chi connectivity index (χ0) is 15.1. The Hall–Kier alpha value is -1.23. The lowest BCUT2D eigenvalue weighted by atomic mass is 10.0. The number of aryl methyl sites for hydroxylation is 1. The van der Waals surface area contributed by atoms with E-state index in [1.54, 1.807) is 11.3 Å². The van der Waals surface area contributed by atoms with Gasteiger partial charge in [-0.1, -0.05) is 43.2 Å². The normalized spacial score (nSPS) is 12.5. The molecular formula is C17H24N2OS. The van der Waals surface area contributed by atoms with E-state index in [-0.39, 0.29) is 6.61 Å². The highest BCUT2D eigenvalue weighted by Gasteiger charge is 2.07. The quantitative estimate of drug-likeness (QED) is 0.783. The summed E-state index contributed by atoms with van der Waals surface area (Å²) in [7, 11) is 0. The van der Waals surface area contributed by atoms with Crippen molar-refractivity contribution in [3.63, 3.8) is 0 Å². The third-order valence-corrected chi connectivity index (χ3v) is 4.64. The molecule has 1 atom stereocenters. The maximum Gasteiger partial charge on any atom is 0.123 e. The minimum absolute atomic E-state index is 0.272. The fourth-order valence-corrected chi connectivity index (χ4v) is 3.08. The molecule has 1 aromatic carbocycles. The summed E-state index contributed by atoms with van der Waals surface area (Å²) in [6, 6.07) is 8.49. The number of aliphatic hydroxyl groups is 1. The van der Waals surface area contributed by atoms with Crippen LogP contribution in [0.5, 0.6) is 0 Å². The standard InChI is InChI=1S/C17H24N2OS/c1-3-14(8-9-20)10-18-11-16-12-21-17(19-16)15-6-4-13(2)5-7-15/h4-7,12,14,18,20H,3,8-11H2,1-2H3. The molecule has 0 saturated carbocycles. The predicted molar refractivity (Wildman–Crippen MR) is 89.5 cm³/mol. The number of aromatic nitrogens is 1. The number of rotatable bonds is 8. The van der Waals surface area contributed by atoms with Gasteiger partial charge in [0.05, 0.1) is 5.69 Å². The monoisotopic (exact) mass is 304 g/mol. The molecule has 21 heavy (non-hydrogen) atoms. The minimum atomic E-state index is 0.272. The Labute approximate surface area is 131 Å². The highest BCUT2D eigenvalue weighted by Crippen LogP contribution is 2.23. The van der Waals surface area contributed by atoms with Crippen LogP contribution >= 0.6 is 11.3 Å². The summed E-state index contributed by atoms with van der Waals surface area (Å²) in [4.78, 5) is 4.69. The van der Waals surface area contributed by atoms with Gasteiger partial charge in [-0.05, 0) is 25.8 Å². The van der Waals surface area contributed by atoms with Crippen molar-refractivity contribution in [2.24, 2.45) is 5.92 Å². The molecule has 0 aliphatic carbocycles. The first-order chi connectivity index (χ1) is 10.2. The van der Waals surface area contributed by atoms with Gasteiger partial charge >= 0.3 is 0 Å². The molecule has 0 amide bonds. The maximum atomic E-state index is 8.99. The number of hydrogen-bond donors (Lipinski definition) is 2. The molecule has 3 nitrogen and oxygen atoms in total. The Balaban J connectivity index is 1.87. The third kappa shape index (κ3) is 4.92. The number of aliphatic hydroxyl groups excluding tert-OH is 1. The number of thiazole rings is 1. The van der Waals surface area contributed by atoms with Crippen LogP contribution in [0.3, 0.4) is 0 Å². The van der Waals surface area contributed by atoms with Crippen LogP contribution in [0.4, 0.5) is 0 Å². The number of nitrogens with zero attached hydrogens (tertiary/aromatic N) is 1. The van der Waals surface area contributed by atoms with Gasteiger partial charge in [0.2, 0.25) is 0 Å². The summed E-state index contributed by atoms with van der Waals surface area (Å²) < 4.78 is 0. The first-order valence-electron chi connectivity index (χ1n) is 7.56. The lowest BCUT2D eigenvalue weighted by Gasteiger charge is -2.13. The smallest absolute Gasteiger partial charge is 0.123 e. The zero-order valence-electron chi connectivity index (χ0n) is 12.8. The molecule has 1 heterocycles. The first kappa shape index (κ1) is 16.1. The molecular weight excluding hydrogens is 280 g/mol. The average molecular weight is 304 g/mol. The van der Waals surface area contributed by atoms with Gasteiger partial charge in [-0.15, -0.1) is 11.3 Å². The molecule has 1 unspecified atom stereocenters. The van der Waals surface area contributed by atoms with E-state index < -0.39 is 0 Å². The first-order valence-corrected chi connectivity index (χ1v) is 8.44. The largest absolute Gasteiger partial charge is 0.396 e. The molecule has 0 bridgehead atoms. The molecule has 0 saturated heterocycles. The predicted octanol–water partition coefficient (Wildman–Crippen LogP) is 3.62. The number of hydrogen-bond acceptors (Lipinski definition) is 4. The van der Waals surface area contributed by atoms with Crippen molar-refractivity contribution in [1.29, 1.82) is 0 Å². The van der Waals surface area contributed by atoms with Crippen LogP contribution in [0.1, 0.15) is 31.0 Å². The highest BCUT2D eigenvalue weighted by atomic mass is 32.1. The molecule has 2 rings (SSSR count). The Kier molecular flexibility index (Phi) is 6.36. The van der Waals surface area contributed by atoms with Gasteiger partial charge in [-0.3, -0.25) is 0 Å². The Bertz CT molecular complexity index is 536. The third-order valence-electron chi connectivity index (χ3n) is 3.70. The molecule has 1 aromatic heterocycles. The fourth-order valence-electron chi connectivity index (χ4n) is 2.25. The van der Waals surface area contributed by atoms with E-state index in [1.165, 1.54) is 11.1 Å². The van der Waals surface area contributed by atoms with Gasteiger partial charge in [0.25, 0.3) is 0 Å². The van der Waals surface area contributed by atoms with Crippen molar-refractivity contribution in [2.75, 3.05) is 13.2 Å². The maximum absolute atomic E-state index is 8.99. The van der Waals surface area contributed by atoms with E-state index in [4.69, 9.17) is 5.11 Å². The van der Waals surface area contributed by atoms with E-state index in [2.05, 4.69) is 53.8 Å². The molecule has 4 heteroatoms. The van der Waals surface area contributed by atoms with Gasteiger partial charge in [0.1, 0.15) is 5.01 Å². The summed E-state index contributed by atoms with van der Waals surface area (Å²) in [5, 5.41) is 15.6. The molecule has 0 radical (unpaired) electrons. The van der Waals surface area contributed by atoms with Crippen LogP contribution in [-0.4, -0.2) is 23.2 Å². The fraction of sp³-hybridized carbons (Fsp3) is 0.471. The summed E-state index contributed by atoms with van der Waals surface area (Å²) >= 11 is 1.69. The van der Waals surface area contributed by atoms with E-state index in [0.717, 1.165) is 36.6 Å². The van der Waals surface area contributed by atoms with Crippen molar-refractivity contribution in [2.45, 2.75) is 33.2 Å². The van der Waals surface area contributed by atoms with Crippen molar-refractivity contribution in [3.8, 4) is 10.6 Å². The van der Waals surface area contributed by atoms with Crippen molar-refractivity contribution in [1.82, 2.24) is 10.3 Å². The van der Waals surface area contributed by atoms with Gasteiger partial charge in [-0.2, -0.15) is 0 Å². The van der Waals surface area contributed by atoms with E-state index in [0.29, 0.717) is 5.92 Å². The summed E-state index contributed by atoms with van der Waals surface area (Å²) in [6.07, 6.45) is 1.97. The van der Waals surface area contributed by atoms with Crippen LogP contribution in [0.15, 0.2) is 29.6 Å². The molecule has 114 valence electrons. The Morgan fingerprint density at radius 2 is 2.05 bits per heavy atom. The number of nitrogens with one attached hydrogen (secondary N) is 1. The van der Waals surface area contributed by atoms with Crippen LogP contribution in [0.2, 0.25) is 0 Å². The molecule has 0 fully saturated rings. The molecule has 0 aliphatic heterocycles. The zero-order valence-corrected chi connectivity index (χ0v) is 13.6. The average Bonchev–Trinajstić information content (AvgIpc) is 2.96. The van der Waals surface area contributed by atoms with E-state index >= 15 is 0 Å². The SMILES string of the molecule is CCC(CCO)CNCc1csc(-c2ccc(C)cc2)n1. The molecule has 2 aromatic rings. The summed E-state index contributed by atoms with van der Waals surface area (Å²) in [5.74, 6) is 0.546. The van der Waals surface area contributed by atoms with Crippen molar-refractivity contribution in [3.05, 3.63) is 40.9 Å². The second-order valence-electron chi connectivity index (χ2n) is 5.43. The summed E-state index contributed by atoms with van der Waals surface area (Å²) in [6.45, 7) is 6.27. The lowest BCUT2D eigenvalue weighted by Crippen LogP contribution is -2.23. The Morgan fingerprint density at radius 1 is 1.29 bits per heavy atom. The second-order valence-corrected chi connectivity index (χ2v) is 6.29. The van der Waals surface area contributed by atoms with Crippen LogP contribution in [-0.2, 0) is 6.54 Å². The van der Waals surface area contributed by atoms with Gasteiger partial charge in [-0.25, -0.2) is 4.98 Å². The van der Waals surface area contributed by atoms with Gasteiger partial charge in [0.15, 0.2) is 0 Å². The van der Waals surface area contributed by atoms with Gasteiger partial charge in [0, 0.05) is 24.1 Å². The Morgan fingerprint density at radius 3 is 2.71 bits per heavy atom. The molecule has 2 N–H and O–H groups in total. The lowest BCUT2D eigenvalue weighted by molar-refractivity contribution is 0.251.